The predicted molar refractivity (Wildman–Crippen MR) is 85.4 cm³/mol. The van der Waals surface area contributed by atoms with Crippen LogP contribution in [-0.4, -0.2) is 29.9 Å². The molecule has 0 saturated carbocycles. The van der Waals surface area contributed by atoms with Gasteiger partial charge in [-0.15, -0.1) is 11.3 Å². The molecule has 116 valence electrons. The summed E-state index contributed by atoms with van der Waals surface area (Å²) in [5, 5.41) is 16.6. The van der Waals surface area contributed by atoms with Crippen molar-refractivity contribution in [1.29, 1.82) is 0 Å². The van der Waals surface area contributed by atoms with E-state index in [-0.39, 0.29) is 17.2 Å². The lowest BCUT2D eigenvalue weighted by molar-refractivity contribution is -0.384. The number of rotatable bonds is 5. The third kappa shape index (κ3) is 3.40. The summed E-state index contributed by atoms with van der Waals surface area (Å²) in [6.07, 6.45) is 0. The van der Waals surface area contributed by atoms with E-state index in [2.05, 4.69) is 10.3 Å². The molecule has 1 N–H and O–H groups in total. The van der Waals surface area contributed by atoms with E-state index in [1.165, 1.54) is 24.5 Å². The number of nitro groups is 1. The Hall–Kier alpha value is -2.48. The number of aromatic nitrogens is 1. The number of carbonyl (C=O) groups excluding carboxylic acids is 1. The van der Waals surface area contributed by atoms with Gasteiger partial charge in [0.2, 0.25) is 0 Å². The highest BCUT2D eigenvalue weighted by molar-refractivity contribution is 7.09. The number of nitrogens with one attached hydrogen (secondary N) is 1. The summed E-state index contributed by atoms with van der Waals surface area (Å²) in [6.45, 7) is 2.37. The first kappa shape index (κ1) is 15.9. The summed E-state index contributed by atoms with van der Waals surface area (Å²) in [7, 11) is 3.25. The molecule has 0 saturated heterocycles. The van der Waals surface area contributed by atoms with Crippen molar-refractivity contribution >= 4 is 28.6 Å². The Kier molecular flexibility index (Phi) is 4.71. The highest BCUT2D eigenvalue weighted by Crippen LogP contribution is 2.29. The number of aryl methyl sites for hydroxylation is 1. The van der Waals surface area contributed by atoms with E-state index in [1.54, 1.807) is 24.1 Å². The Labute approximate surface area is 131 Å². The zero-order valence-corrected chi connectivity index (χ0v) is 13.3. The molecular formula is C14H16N4O3S. The van der Waals surface area contributed by atoms with Crippen LogP contribution in [0.5, 0.6) is 0 Å². The monoisotopic (exact) mass is 320 g/mol. The van der Waals surface area contributed by atoms with Gasteiger partial charge in [0.25, 0.3) is 11.6 Å². The quantitative estimate of drug-likeness (QED) is 0.675. The fourth-order valence-electron chi connectivity index (χ4n) is 2.04. The van der Waals surface area contributed by atoms with Crippen molar-refractivity contribution < 1.29 is 9.72 Å². The molecule has 0 bridgehead atoms. The maximum Gasteiger partial charge on any atom is 0.293 e. The molecule has 1 amide bonds. The number of benzene rings is 1. The molecular weight excluding hydrogens is 304 g/mol. The molecule has 0 aliphatic heterocycles. The van der Waals surface area contributed by atoms with Crippen molar-refractivity contribution in [2.45, 2.75) is 13.5 Å². The molecule has 0 atom stereocenters. The summed E-state index contributed by atoms with van der Waals surface area (Å²) in [5.41, 5.74) is 1.54. The summed E-state index contributed by atoms with van der Waals surface area (Å²) in [6, 6.07) is 4.45. The van der Waals surface area contributed by atoms with Crippen LogP contribution in [0.3, 0.4) is 0 Å². The summed E-state index contributed by atoms with van der Waals surface area (Å²) in [5.74, 6) is -0.354. The highest BCUT2D eigenvalue weighted by atomic mass is 32.1. The van der Waals surface area contributed by atoms with Crippen LogP contribution in [0.2, 0.25) is 0 Å². The van der Waals surface area contributed by atoms with Crippen molar-refractivity contribution in [2.24, 2.45) is 0 Å². The first-order valence-corrected chi connectivity index (χ1v) is 7.43. The van der Waals surface area contributed by atoms with Crippen LogP contribution in [-0.2, 0) is 6.54 Å². The lowest BCUT2D eigenvalue weighted by atomic mass is 10.1. The van der Waals surface area contributed by atoms with Crippen molar-refractivity contribution in [3.8, 4) is 0 Å². The van der Waals surface area contributed by atoms with Gasteiger partial charge in [0.1, 0.15) is 10.7 Å². The van der Waals surface area contributed by atoms with Crippen LogP contribution >= 0.6 is 11.3 Å². The van der Waals surface area contributed by atoms with Gasteiger partial charge < -0.3 is 10.2 Å². The van der Waals surface area contributed by atoms with Gasteiger partial charge in [0.05, 0.1) is 11.5 Å². The topological polar surface area (TPSA) is 88.4 Å². The number of amides is 1. The second-order valence-corrected chi connectivity index (χ2v) is 5.72. The SMILES string of the molecule is CNC(=O)c1ccc(N(C)Cc2nc(C)cs2)c([N+](=O)[O-])c1. The molecule has 1 heterocycles. The van der Waals surface area contributed by atoms with Crippen LogP contribution < -0.4 is 10.2 Å². The zero-order valence-electron chi connectivity index (χ0n) is 12.5. The highest BCUT2D eigenvalue weighted by Gasteiger charge is 2.20. The number of thiazole rings is 1. The lowest BCUT2D eigenvalue weighted by Gasteiger charge is -2.18. The van der Waals surface area contributed by atoms with Crippen molar-refractivity contribution in [2.75, 3.05) is 19.0 Å². The molecule has 1 aromatic heterocycles. The average molecular weight is 320 g/mol. The number of anilines is 1. The molecule has 0 fully saturated rings. The number of nitro benzene ring substituents is 1. The van der Waals surface area contributed by atoms with E-state index >= 15 is 0 Å². The Balaban J connectivity index is 2.32. The normalized spacial score (nSPS) is 10.3. The third-order valence-corrected chi connectivity index (χ3v) is 4.06. The summed E-state index contributed by atoms with van der Waals surface area (Å²) in [4.78, 5) is 28.5. The fourth-order valence-corrected chi connectivity index (χ4v) is 2.87. The zero-order chi connectivity index (χ0) is 16.3. The summed E-state index contributed by atoms with van der Waals surface area (Å²) < 4.78 is 0. The van der Waals surface area contributed by atoms with Crippen molar-refractivity contribution in [3.05, 3.63) is 50.0 Å². The van der Waals surface area contributed by atoms with Crippen molar-refractivity contribution in [1.82, 2.24) is 10.3 Å². The van der Waals surface area contributed by atoms with Gasteiger partial charge in [-0.25, -0.2) is 4.98 Å². The molecule has 0 radical (unpaired) electrons. The smallest absolute Gasteiger partial charge is 0.293 e. The van der Waals surface area contributed by atoms with E-state index in [9.17, 15) is 14.9 Å². The number of hydrogen-bond acceptors (Lipinski definition) is 6. The third-order valence-electron chi connectivity index (χ3n) is 3.11. The summed E-state index contributed by atoms with van der Waals surface area (Å²) >= 11 is 1.51. The van der Waals surface area contributed by atoms with Gasteiger partial charge in [0.15, 0.2) is 0 Å². The minimum absolute atomic E-state index is 0.100. The van der Waals surface area contributed by atoms with Crippen LogP contribution in [0.1, 0.15) is 21.1 Å². The van der Waals surface area contributed by atoms with Crippen LogP contribution in [0, 0.1) is 17.0 Å². The predicted octanol–water partition coefficient (Wildman–Crippen LogP) is 2.36. The minimum Gasteiger partial charge on any atom is -0.362 e. The second-order valence-electron chi connectivity index (χ2n) is 4.78. The Morgan fingerprint density at radius 3 is 2.77 bits per heavy atom. The molecule has 1 aromatic carbocycles. The lowest BCUT2D eigenvalue weighted by Crippen LogP contribution is -2.20. The molecule has 7 nitrogen and oxygen atoms in total. The molecule has 0 aliphatic carbocycles. The largest absolute Gasteiger partial charge is 0.362 e. The van der Waals surface area contributed by atoms with Crippen LogP contribution in [0.25, 0.3) is 0 Å². The van der Waals surface area contributed by atoms with E-state index in [4.69, 9.17) is 0 Å². The van der Waals surface area contributed by atoms with Gasteiger partial charge >= 0.3 is 0 Å². The molecule has 2 rings (SSSR count). The van der Waals surface area contributed by atoms with Gasteiger partial charge in [0, 0.05) is 36.8 Å². The number of carbonyl (C=O) groups is 1. The van der Waals surface area contributed by atoms with Gasteiger partial charge in [-0.05, 0) is 19.1 Å². The maximum absolute atomic E-state index is 11.6. The van der Waals surface area contributed by atoms with Gasteiger partial charge in [-0.3, -0.25) is 14.9 Å². The van der Waals surface area contributed by atoms with Crippen LogP contribution in [0.15, 0.2) is 23.6 Å². The fraction of sp³-hybridized carbons (Fsp3) is 0.286. The van der Waals surface area contributed by atoms with E-state index in [0.717, 1.165) is 10.7 Å². The minimum atomic E-state index is -0.481. The van der Waals surface area contributed by atoms with E-state index in [1.807, 2.05) is 12.3 Å². The number of hydrogen-bond donors (Lipinski definition) is 1. The first-order chi connectivity index (χ1) is 10.4. The Morgan fingerprint density at radius 2 is 2.23 bits per heavy atom. The Morgan fingerprint density at radius 1 is 1.50 bits per heavy atom. The molecule has 8 heteroatoms. The first-order valence-electron chi connectivity index (χ1n) is 6.55. The Bertz CT molecular complexity index is 714. The maximum atomic E-state index is 11.6. The number of nitrogens with zero attached hydrogens (tertiary/aromatic N) is 3. The van der Waals surface area contributed by atoms with Gasteiger partial charge in [-0.1, -0.05) is 0 Å². The van der Waals surface area contributed by atoms with E-state index < -0.39 is 4.92 Å². The van der Waals surface area contributed by atoms with Gasteiger partial charge in [-0.2, -0.15) is 0 Å². The molecule has 2 aromatic rings. The van der Waals surface area contributed by atoms with Crippen LogP contribution in [0.4, 0.5) is 11.4 Å². The van der Waals surface area contributed by atoms with E-state index in [0.29, 0.717) is 12.2 Å². The molecule has 22 heavy (non-hydrogen) atoms. The molecule has 0 spiro atoms. The van der Waals surface area contributed by atoms with Crippen molar-refractivity contribution in [3.63, 3.8) is 0 Å². The average Bonchev–Trinajstić information content (AvgIpc) is 2.90. The second kappa shape index (κ2) is 6.52. The molecule has 0 unspecified atom stereocenters. The standard InChI is InChI=1S/C14H16N4O3S/c1-9-8-22-13(16-9)7-17(3)11-5-4-10(14(19)15-2)6-12(11)18(20)21/h4-6,8H,7H2,1-3H3,(H,15,19). The molecule has 0 aliphatic rings.